The second kappa shape index (κ2) is 8.31. The molecule has 0 aliphatic heterocycles. The number of pyridine rings is 1. The van der Waals surface area contributed by atoms with Crippen LogP contribution in [0.25, 0.3) is 10.9 Å². The van der Waals surface area contributed by atoms with Crippen LogP contribution in [0.15, 0.2) is 41.8 Å². The van der Waals surface area contributed by atoms with E-state index in [-0.39, 0.29) is 17.7 Å². The number of carbonyl (C=O) groups excluding carboxylic acids is 2. The van der Waals surface area contributed by atoms with Crippen LogP contribution in [0.4, 0.5) is 5.69 Å². The maximum atomic E-state index is 12.8. The van der Waals surface area contributed by atoms with Gasteiger partial charge in [-0.05, 0) is 43.0 Å². The zero-order valence-corrected chi connectivity index (χ0v) is 16.5. The SMILES string of the molecule is Cc1ccc2c(C(=O)NCCc3cccs3)cc(NC(=O)C(C)C)cc2n1. The first-order valence-corrected chi connectivity index (χ1v) is 9.85. The van der Waals surface area contributed by atoms with Crippen molar-refractivity contribution in [2.24, 2.45) is 5.92 Å². The lowest BCUT2D eigenvalue weighted by Gasteiger charge is -2.13. The first kappa shape index (κ1) is 19.0. The molecule has 27 heavy (non-hydrogen) atoms. The molecular formula is C21H23N3O2S. The van der Waals surface area contributed by atoms with Crippen LogP contribution in [0.5, 0.6) is 0 Å². The molecule has 0 spiro atoms. The summed E-state index contributed by atoms with van der Waals surface area (Å²) >= 11 is 1.68. The summed E-state index contributed by atoms with van der Waals surface area (Å²) in [6.45, 7) is 6.12. The highest BCUT2D eigenvalue weighted by atomic mass is 32.1. The summed E-state index contributed by atoms with van der Waals surface area (Å²) in [4.78, 5) is 30.6. The fourth-order valence-electron chi connectivity index (χ4n) is 2.73. The van der Waals surface area contributed by atoms with E-state index in [2.05, 4.69) is 21.7 Å². The van der Waals surface area contributed by atoms with Gasteiger partial charge in [-0.2, -0.15) is 0 Å². The lowest BCUT2D eigenvalue weighted by molar-refractivity contribution is -0.118. The van der Waals surface area contributed by atoms with Crippen LogP contribution in [0, 0.1) is 12.8 Å². The smallest absolute Gasteiger partial charge is 0.252 e. The molecule has 140 valence electrons. The van der Waals surface area contributed by atoms with Crippen LogP contribution in [-0.2, 0) is 11.2 Å². The molecule has 0 saturated heterocycles. The van der Waals surface area contributed by atoms with Crippen molar-refractivity contribution >= 4 is 39.7 Å². The van der Waals surface area contributed by atoms with E-state index in [1.807, 2.05) is 50.4 Å². The van der Waals surface area contributed by atoms with Crippen LogP contribution >= 0.6 is 11.3 Å². The zero-order chi connectivity index (χ0) is 19.4. The fourth-order valence-corrected chi connectivity index (χ4v) is 3.44. The average Bonchev–Trinajstić information content (AvgIpc) is 3.14. The van der Waals surface area contributed by atoms with Gasteiger partial charge in [0.15, 0.2) is 0 Å². The Labute approximate surface area is 162 Å². The van der Waals surface area contributed by atoms with E-state index in [1.165, 1.54) is 4.88 Å². The van der Waals surface area contributed by atoms with Crippen molar-refractivity contribution in [3.05, 3.63) is 57.9 Å². The Morgan fingerprint density at radius 1 is 1.19 bits per heavy atom. The van der Waals surface area contributed by atoms with Crippen molar-refractivity contribution in [1.82, 2.24) is 10.3 Å². The molecule has 6 heteroatoms. The normalized spacial score (nSPS) is 11.0. The lowest BCUT2D eigenvalue weighted by atomic mass is 10.1. The van der Waals surface area contributed by atoms with Gasteiger partial charge in [-0.15, -0.1) is 11.3 Å². The number of carbonyl (C=O) groups is 2. The number of anilines is 1. The van der Waals surface area contributed by atoms with Gasteiger partial charge in [0.2, 0.25) is 5.91 Å². The monoisotopic (exact) mass is 381 g/mol. The Kier molecular flexibility index (Phi) is 5.86. The maximum absolute atomic E-state index is 12.8. The van der Waals surface area contributed by atoms with Crippen LogP contribution < -0.4 is 10.6 Å². The average molecular weight is 382 g/mol. The minimum atomic E-state index is -0.164. The number of aryl methyl sites for hydroxylation is 1. The molecule has 5 nitrogen and oxygen atoms in total. The Morgan fingerprint density at radius 2 is 2.00 bits per heavy atom. The highest BCUT2D eigenvalue weighted by molar-refractivity contribution is 7.09. The summed E-state index contributed by atoms with van der Waals surface area (Å²) in [7, 11) is 0. The molecule has 1 aromatic carbocycles. The molecule has 0 fully saturated rings. The minimum Gasteiger partial charge on any atom is -0.352 e. The highest BCUT2D eigenvalue weighted by Gasteiger charge is 2.15. The summed E-state index contributed by atoms with van der Waals surface area (Å²) in [6, 6.07) is 11.4. The molecule has 2 heterocycles. The molecule has 0 unspecified atom stereocenters. The second-order valence-electron chi connectivity index (χ2n) is 6.77. The van der Waals surface area contributed by atoms with E-state index in [1.54, 1.807) is 17.4 Å². The first-order valence-electron chi connectivity index (χ1n) is 8.97. The zero-order valence-electron chi connectivity index (χ0n) is 15.7. The van der Waals surface area contributed by atoms with E-state index in [0.29, 0.717) is 23.3 Å². The molecule has 0 bridgehead atoms. The van der Waals surface area contributed by atoms with Gasteiger partial charge in [0, 0.05) is 34.1 Å². The molecule has 3 rings (SSSR count). The second-order valence-corrected chi connectivity index (χ2v) is 7.80. The van der Waals surface area contributed by atoms with Crippen molar-refractivity contribution in [3.8, 4) is 0 Å². The number of fused-ring (bicyclic) bond motifs is 1. The van der Waals surface area contributed by atoms with Gasteiger partial charge in [0.05, 0.1) is 11.1 Å². The predicted octanol–water partition coefficient (Wildman–Crippen LogP) is 4.17. The topological polar surface area (TPSA) is 71.1 Å². The van der Waals surface area contributed by atoms with Crippen LogP contribution in [0.1, 0.15) is 34.8 Å². The van der Waals surface area contributed by atoms with E-state index < -0.39 is 0 Å². The van der Waals surface area contributed by atoms with Crippen LogP contribution in [-0.4, -0.2) is 23.3 Å². The number of thiophene rings is 1. The van der Waals surface area contributed by atoms with Gasteiger partial charge in [-0.3, -0.25) is 14.6 Å². The molecule has 0 aliphatic carbocycles. The number of amides is 2. The Bertz CT molecular complexity index is 965. The number of nitrogens with one attached hydrogen (secondary N) is 2. The van der Waals surface area contributed by atoms with Gasteiger partial charge in [-0.25, -0.2) is 0 Å². The summed E-state index contributed by atoms with van der Waals surface area (Å²) in [5.74, 6) is -0.400. The van der Waals surface area contributed by atoms with Crippen molar-refractivity contribution in [1.29, 1.82) is 0 Å². The molecule has 2 amide bonds. The van der Waals surface area contributed by atoms with Crippen LogP contribution in [0.3, 0.4) is 0 Å². The number of rotatable bonds is 6. The molecule has 0 radical (unpaired) electrons. The number of aromatic nitrogens is 1. The van der Waals surface area contributed by atoms with Crippen molar-refractivity contribution < 1.29 is 9.59 Å². The van der Waals surface area contributed by atoms with E-state index in [4.69, 9.17) is 0 Å². The minimum absolute atomic E-state index is 0.0916. The standard InChI is InChI=1S/C21H23N3O2S/c1-13(2)20(25)24-15-11-18(17-7-6-14(3)23-19(17)12-15)21(26)22-9-8-16-5-4-10-27-16/h4-7,10-13H,8-9H2,1-3H3,(H,22,26)(H,24,25). The summed E-state index contributed by atoms with van der Waals surface area (Å²) < 4.78 is 0. The Hall–Kier alpha value is -2.73. The molecular weight excluding hydrogens is 358 g/mol. The van der Waals surface area contributed by atoms with E-state index >= 15 is 0 Å². The van der Waals surface area contributed by atoms with Gasteiger partial charge in [0.25, 0.3) is 5.91 Å². The largest absolute Gasteiger partial charge is 0.352 e. The first-order chi connectivity index (χ1) is 12.9. The molecule has 0 saturated carbocycles. The van der Waals surface area contributed by atoms with Gasteiger partial charge < -0.3 is 10.6 Å². The number of nitrogens with zero attached hydrogens (tertiary/aromatic N) is 1. The molecule has 3 aromatic rings. The maximum Gasteiger partial charge on any atom is 0.252 e. The van der Waals surface area contributed by atoms with E-state index in [0.717, 1.165) is 17.5 Å². The number of hydrogen-bond donors (Lipinski definition) is 2. The summed E-state index contributed by atoms with van der Waals surface area (Å²) in [5.41, 5.74) is 2.66. The van der Waals surface area contributed by atoms with Crippen LogP contribution in [0.2, 0.25) is 0 Å². The molecule has 0 atom stereocenters. The van der Waals surface area contributed by atoms with Gasteiger partial charge in [-0.1, -0.05) is 26.0 Å². The van der Waals surface area contributed by atoms with Gasteiger partial charge in [0.1, 0.15) is 0 Å². The number of benzene rings is 1. The quantitative estimate of drug-likeness (QED) is 0.673. The Morgan fingerprint density at radius 3 is 2.70 bits per heavy atom. The third-order valence-electron chi connectivity index (χ3n) is 4.22. The highest BCUT2D eigenvalue weighted by Crippen LogP contribution is 2.24. The van der Waals surface area contributed by atoms with Gasteiger partial charge >= 0.3 is 0 Å². The fraction of sp³-hybridized carbons (Fsp3) is 0.286. The van der Waals surface area contributed by atoms with Crippen molar-refractivity contribution in [3.63, 3.8) is 0 Å². The summed E-state index contributed by atoms with van der Waals surface area (Å²) in [5, 5.41) is 8.65. The van der Waals surface area contributed by atoms with Crippen molar-refractivity contribution in [2.45, 2.75) is 27.2 Å². The molecule has 0 aliphatic rings. The molecule has 2 N–H and O–H groups in total. The lowest BCUT2D eigenvalue weighted by Crippen LogP contribution is -2.26. The van der Waals surface area contributed by atoms with Crippen molar-refractivity contribution in [2.75, 3.05) is 11.9 Å². The third kappa shape index (κ3) is 4.71. The number of hydrogen-bond acceptors (Lipinski definition) is 4. The molecule has 2 aromatic heterocycles. The third-order valence-corrected chi connectivity index (χ3v) is 5.16. The summed E-state index contributed by atoms with van der Waals surface area (Å²) in [6.07, 6.45) is 0.794. The van der Waals surface area contributed by atoms with E-state index in [9.17, 15) is 9.59 Å². The predicted molar refractivity (Wildman–Crippen MR) is 110 cm³/mol. The Balaban J connectivity index is 1.86.